The number of hydrogen-bond donors (Lipinski definition) is 2. The Morgan fingerprint density at radius 3 is 2.70 bits per heavy atom. The predicted octanol–water partition coefficient (Wildman–Crippen LogP) is 2.04. The molecule has 7 heteroatoms. The third-order valence-electron chi connectivity index (χ3n) is 2.71. The van der Waals surface area contributed by atoms with Crippen molar-refractivity contribution in [2.24, 2.45) is 0 Å². The second-order valence-electron chi connectivity index (χ2n) is 4.19. The van der Waals surface area contributed by atoms with E-state index in [4.69, 9.17) is 23.2 Å². The minimum absolute atomic E-state index is 0.0387. The summed E-state index contributed by atoms with van der Waals surface area (Å²) >= 11 is 12.0. The van der Waals surface area contributed by atoms with Crippen molar-refractivity contribution in [3.63, 3.8) is 0 Å². The van der Waals surface area contributed by atoms with E-state index in [0.717, 1.165) is 0 Å². The van der Waals surface area contributed by atoms with E-state index >= 15 is 0 Å². The van der Waals surface area contributed by atoms with E-state index in [1.165, 1.54) is 0 Å². The second-order valence-corrected chi connectivity index (χ2v) is 5.00. The molecule has 1 amide bonds. The van der Waals surface area contributed by atoms with Crippen LogP contribution in [0.2, 0.25) is 10.0 Å². The standard InChI is InChI=1S/C13H13Cl2N3O2/c14-9-2-1-3-10(15)13(9)11(19)6-17-12(20)7-18-5-4-16-8-18/h1-5,8,11,19H,6-7H2,(H,17,20)/t11-/m1/s1. The Labute approximate surface area is 126 Å². The molecule has 5 nitrogen and oxygen atoms in total. The molecule has 0 spiro atoms. The number of hydrogen-bond acceptors (Lipinski definition) is 3. The summed E-state index contributed by atoms with van der Waals surface area (Å²) in [5.41, 5.74) is 0.416. The van der Waals surface area contributed by atoms with E-state index < -0.39 is 6.10 Å². The fourth-order valence-electron chi connectivity index (χ4n) is 1.74. The van der Waals surface area contributed by atoms with Crippen LogP contribution < -0.4 is 5.32 Å². The topological polar surface area (TPSA) is 67.2 Å². The quantitative estimate of drug-likeness (QED) is 0.887. The maximum Gasteiger partial charge on any atom is 0.240 e. The van der Waals surface area contributed by atoms with E-state index in [9.17, 15) is 9.90 Å². The molecule has 0 aliphatic carbocycles. The van der Waals surface area contributed by atoms with E-state index in [0.29, 0.717) is 15.6 Å². The van der Waals surface area contributed by atoms with Crippen LogP contribution in [0, 0.1) is 0 Å². The number of aliphatic hydroxyl groups excluding tert-OH is 1. The highest BCUT2D eigenvalue weighted by molar-refractivity contribution is 6.36. The minimum Gasteiger partial charge on any atom is -0.386 e. The fraction of sp³-hybridized carbons (Fsp3) is 0.231. The van der Waals surface area contributed by atoms with Gasteiger partial charge >= 0.3 is 0 Å². The molecule has 0 bridgehead atoms. The van der Waals surface area contributed by atoms with Gasteiger partial charge < -0.3 is 15.0 Å². The van der Waals surface area contributed by atoms with Crippen molar-refractivity contribution >= 4 is 29.1 Å². The molecule has 1 atom stereocenters. The van der Waals surface area contributed by atoms with Crippen LogP contribution in [-0.2, 0) is 11.3 Å². The predicted molar refractivity (Wildman–Crippen MR) is 76.7 cm³/mol. The lowest BCUT2D eigenvalue weighted by molar-refractivity contribution is -0.122. The van der Waals surface area contributed by atoms with E-state index in [2.05, 4.69) is 10.3 Å². The van der Waals surface area contributed by atoms with Crippen molar-refractivity contribution in [1.29, 1.82) is 0 Å². The number of aromatic nitrogens is 2. The van der Waals surface area contributed by atoms with Crippen molar-refractivity contribution in [3.05, 3.63) is 52.5 Å². The largest absolute Gasteiger partial charge is 0.386 e. The first-order valence-electron chi connectivity index (χ1n) is 5.92. The number of halogens is 2. The normalized spacial score (nSPS) is 12.2. The van der Waals surface area contributed by atoms with Gasteiger partial charge in [0.1, 0.15) is 6.54 Å². The molecule has 2 aromatic rings. The van der Waals surface area contributed by atoms with Gasteiger partial charge in [-0.2, -0.15) is 0 Å². The average Bonchev–Trinajstić information content (AvgIpc) is 2.89. The molecule has 1 aromatic heterocycles. The van der Waals surface area contributed by atoms with Crippen LogP contribution in [0.5, 0.6) is 0 Å². The monoisotopic (exact) mass is 313 g/mol. The Kier molecular flexibility index (Phi) is 5.00. The lowest BCUT2D eigenvalue weighted by Crippen LogP contribution is -2.31. The van der Waals surface area contributed by atoms with Crippen molar-refractivity contribution in [2.75, 3.05) is 6.54 Å². The molecular weight excluding hydrogens is 301 g/mol. The van der Waals surface area contributed by atoms with Crippen LogP contribution in [0.15, 0.2) is 36.9 Å². The van der Waals surface area contributed by atoms with E-state index in [1.807, 2.05) is 0 Å². The number of carbonyl (C=O) groups is 1. The smallest absolute Gasteiger partial charge is 0.240 e. The number of amides is 1. The number of rotatable bonds is 5. The Balaban J connectivity index is 1.92. The molecule has 2 rings (SSSR count). The summed E-state index contributed by atoms with van der Waals surface area (Å²) < 4.78 is 1.63. The average molecular weight is 314 g/mol. The molecule has 0 saturated carbocycles. The van der Waals surface area contributed by atoms with Crippen molar-refractivity contribution in [2.45, 2.75) is 12.6 Å². The molecule has 106 valence electrons. The number of aliphatic hydroxyl groups is 1. The van der Waals surface area contributed by atoms with Crippen molar-refractivity contribution in [1.82, 2.24) is 14.9 Å². The molecule has 0 fully saturated rings. The van der Waals surface area contributed by atoms with Gasteiger partial charge in [0.15, 0.2) is 0 Å². The third kappa shape index (κ3) is 3.72. The van der Waals surface area contributed by atoms with Crippen LogP contribution in [0.4, 0.5) is 0 Å². The van der Waals surface area contributed by atoms with Gasteiger partial charge in [-0.15, -0.1) is 0 Å². The van der Waals surface area contributed by atoms with Gasteiger partial charge in [0.25, 0.3) is 0 Å². The number of nitrogens with one attached hydrogen (secondary N) is 1. The number of benzene rings is 1. The van der Waals surface area contributed by atoms with Gasteiger partial charge in [-0.1, -0.05) is 29.3 Å². The zero-order chi connectivity index (χ0) is 14.5. The van der Waals surface area contributed by atoms with Gasteiger partial charge in [0, 0.05) is 34.5 Å². The van der Waals surface area contributed by atoms with Crippen LogP contribution >= 0.6 is 23.2 Å². The maximum absolute atomic E-state index is 11.7. The van der Waals surface area contributed by atoms with E-state index in [1.54, 1.807) is 41.5 Å². The van der Waals surface area contributed by atoms with Crippen molar-refractivity contribution in [3.8, 4) is 0 Å². The van der Waals surface area contributed by atoms with Gasteiger partial charge in [0.2, 0.25) is 5.91 Å². The first-order chi connectivity index (χ1) is 9.58. The van der Waals surface area contributed by atoms with Crippen LogP contribution in [0.3, 0.4) is 0 Å². The third-order valence-corrected chi connectivity index (χ3v) is 3.37. The second kappa shape index (κ2) is 6.74. The summed E-state index contributed by atoms with van der Waals surface area (Å²) in [7, 11) is 0. The van der Waals surface area contributed by atoms with Gasteiger partial charge in [-0.25, -0.2) is 4.98 Å². The van der Waals surface area contributed by atoms with E-state index in [-0.39, 0.29) is 19.0 Å². The van der Waals surface area contributed by atoms with Crippen LogP contribution in [0.25, 0.3) is 0 Å². The molecule has 1 aromatic carbocycles. The molecule has 0 aliphatic heterocycles. The number of imidazole rings is 1. The van der Waals surface area contributed by atoms with Gasteiger partial charge in [-0.3, -0.25) is 4.79 Å². The zero-order valence-electron chi connectivity index (χ0n) is 10.5. The fourth-order valence-corrected chi connectivity index (χ4v) is 2.39. The summed E-state index contributed by atoms with van der Waals surface area (Å²) in [6.07, 6.45) is 3.86. The summed E-state index contributed by atoms with van der Waals surface area (Å²) in [4.78, 5) is 15.5. The molecule has 1 heterocycles. The summed E-state index contributed by atoms with van der Waals surface area (Å²) in [6, 6.07) is 4.97. The number of carbonyl (C=O) groups excluding carboxylic acids is 1. The van der Waals surface area contributed by atoms with Crippen LogP contribution in [0.1, 0.15) is 11.7 Å². The molecule has 0 unspecified atom stereocenters. The highest BCUT2D eigenvalue weighted by Crippen LogP contribution is 2.29. The highest BCUT2D eigenvalue weighted by Gasteiger charge is 2.16. The lowest BCUT2D eigenvalue weighted by Gasteiger charge is -2.15. The molecule has 20 heavy (non-hydrogen) atoms. The zero-order valence-corrected chi connectivity index (χ0v) is 12.0. The Bertz CT molecular complexity index is 567. The first-order valence-corrected chi connectivity index (χ1v) is 6.68. The maximum atomic E-state index is 11.7. The molecular formula is C13H13Cl2N3O2. The van der Waals surface area contributed by atoms with Gasteiger partial charge in [-0.05, 0) is 12.1 Å². The summed E-state index contributed by atoms with van der Waals surface area (Å²) in [5, 5.41) is 13.4. The molecule has 0 saturated heterocycles. The Hall–Kier alpha value is -1.56. The van der Waals surface area contributed by atoms with Gasteiger partial charge in [0.05, 0.1) is 12.4 Å². The first kappa shape index (κ1) is 14.8. The molecule has 2 N–H and O–H groups in total. The molecule has 0 aliphatic rings. The Morgan fingerprint density at radius 2 is 2.10 bits per heavy atom. The number of nitrogens with zero attached hydrogens (tertiary/aromatic N) is 2. The van der Waals surface area contributed by atoms with Crippen molar-refractivity contribution < 1.29 is 9.90 Å². The summed E-state index contributed by atoms with van der Waals surface area (Å²) in [6.45, 7) is 0.181. The minimum atomic E-state index is -0.956. The SMILES string of the molecule is O=C(Cn1ccnc1)NC[C@@H](O)c1c(Cl)cccc1Cl. The lowest BCUT2D eigenvalue weighted by atomic mass is 10.1. The Morgan fingerprint density at radius 1 is 1.40 bits per heavy atom. The summed E-state index contributed by atoms with van der Waals surface area (Å²) in [5.74, 6) is -0.231. The molecule has 0 radical (unpaired) electrons. The highest BCUT2D eigenvalue weighted by atomic mass is 35.5. The van der Waals surface area contributed by atoms with Crippen LogP contribution in [-0.4, -0.2) is 27.1 Å².